The molecule has 7 nitrogen and oxygen atoms in total. The maximum Gasteiger partial charge on any atom is 0.240 e. The van der Waals surface area contributed by atoms with Crippen LogP contribution in [0.3, 0.4) is 0 Å². The van der Waals surface area contributed by atoms with E-state index in [4.69, 9.17) is 5.14 Å². The molecule has 0 radical (unpaired) electrons. The molecule has 0 saturated carbocycles. The quantitative estimate of drug-likeness (QED) is 0.768. The van der Waals surface area contributed by atoms with E-state index >= 15 is 0 Å². The highest BCUT2D eigenvalue weighted by Gasteiger charge is 2.29. The predicted octanol–water partition coefficient (Wildman–Crippen LogP) is -0.355. The van der Waals surface area contributed by atoms with Crippen molar-refractivity contribution in [3.63, 3.8) is 0 Å². The summed E-state index contributed by atoms with van der Waals surface area (Å²) in [4.78, 5) is 16.5. The predicted molar refractivity (Wildman–Crippen MR) is 90.9 cm³/mol. The number of thioether (sulfide) groups is 1. The van der Waals surface area contributed by atoms with E-state index in [1.807, 2.05) is 4.90 Å². The fourth-order valence-corrected chi connectivity index (χ4v) is 4.25. The maximum absolute atomic E-state index is 12.3. The number of benzene rings is 1. The summed E-state index contributed by atoms with van der Waals surface area (Å²) in [7, 11) is -3.66. The second kappa shape index (κ2) is 6.68. The average Bonchev–Trinajstić information content (AvgIpc) is 3.08. The summed E-state index contributed by atoms with van der Waals surface area (Å²) in [6.07, 6.45) is 0. The molecule has 1 unspecified atom stereocenters. The summed E-state index contributed by atoms with van der Waals surface area (Å²) < 4.78 is 22.6. The second-order valence-corrected chi connectivity index (χ2v) is 8.21. The van der Waals surface area contributed by atoms with Gasteiger partial charge in [-0.05, 0) is 24.3 Å². The molecule has 1 aromatic rings. The molecule has 2 aliphatic rings. The first-order chi connectivity index (χ1) is 10.9. The van der Waals surface area contributed by atoms with Crippen LogP contribution in [0.15, 0.2) is 29.2 Å². The standard InChI is InChI=1S/C14H20N4O3S2/c15-23(20,21)12-3-1-11(2-4-12)17-5-7-18(8-6-17)14(19)13-9-22-10-16-13/h1-4,13,16H,5-10H2,(H2,15,20,21). The Hall–Kier alpha value is -1.29. The number of carbonyl (C=O) groups excluding carboxylic acids is 1. The van der Waals surface area contributed by atoms with Gasteiger partial charge in [-0.25, -0.2) is 13.6 Å². The number of sulfonamides is 1. The Bertz CT molecular complexity index is 664. The fourth-order valence-electron chi connectivity index (χ4n) is 2.81. The first kappa shape index (κ1) is 16.6. The third-order valence-corrected chi connectivity index (χ3v) is 6.01. The molecule has 2 heterocycles. The van der Waals surface area contributed by atoms with Gasteiger partial charge in [0.25, 0.3) is 0 Å². The lowest BCUT2D eigenvalue weighted by Gasteiger charge is -2.37. The smallest absolute Gasteiger partial charge is 0.240 e. The number of nitrogens with one attached hydrogen (secondary N) is 1. The number of carbonyl (C=O) groups is 1. The van der Waals surface area contributed by atoms with Crippen LogP contribution in [0.5, 0.6) is 0 Å². The maximum atomic E-state index is 12.3. The number of rotatable bonds is 3. The molecular formula is C14H20N4O3S2. The molecule has 2 fully saturated rings. The number of nitrogens with zero attached hydrogens (tertiary/aromatic N) is 2. The number of nitrogens with two attached hydrogens (primary N) is 1. The second-order valence-electron chi connectivity index (χ2n) is 5.62. The van der Waals surface area contributed by atoms with Gasteiger partial charge in [0.05, 0.1) is 10.9 Å². The Morgan fingerprint density at radius 2 is 1.83 bits per heavy atom. The zero-order chi connectivity index (χ0) is 16.4. The molecule has 1 amide bonds. The van der Waals surface area contributed by atoms with Crippen molar-refractivity contribution in [1.29, 1.82) is 0 Å². The molecule has 3 rings (SSSR count). The van der Waals surface area contributed by atoms with Crippen molar-refractivity contribution in [1.82, 2.24) is 10.2 Å². The Balaban J connectivity index is 1.59. The molecule has 2 saturated heterocycles. The summed E-state index contributed by atoms with van der Waals surface area (Å²) in [6.45, 7) is 2.83. The van der Waals surface area contributed by atoms with E-state index in [1.165, 1.54) is 12.1 Å². The molecule has 0 spiro atoms. The Labute approximate surface area is 140 Å². The van der Waals surface area contributed by atoms with Crippen LogP contribution in [0.4, 0.5) is 5.69 Å². The summed E-state index contributed by atoms with van der Waals surface area (Å²) in [6, 6.07) is 6.49. The van der Waals surface area contributed by atoms with E-state index in [0.717, 1.165) is 30.4 Å². The van der Waals surface area contributed by atoms with Crippen molar-refractivity contribution in [2.75, 3.05) is 42.7 Å². The minimum atomic E-state index is -3.66. The highest BCUT2D eigenvalue weighted by molar-refractivity contribution is 7.99. The van der Waals surface area contributed by atoms with Crippen LogP contribution in [-0.2, 0) is 14.8 Å². The Morgan fingerprint density at radius 1 is 1.17 bits per heavy atom. The molecule has 3 N–H and O–H groups in total. The van der Waals surface area contributed by atoms with Gasteiger partial charge in [-0.3, -0.25) is 10.1 Å². The van der Waals surface area contributed by atoms with Crippen LogP contribution in [0, 0.1) is 0 Å². The molecule has 1 aromatic carbocycles. The van der Waals surface area contributed by atoms with Crippen molar-refractivity contribution in [3.8, 4) is 0 Å². The lowest BCUT2D eigenvalue weighted by molar-refractivity contribution is -0.132. The molecule has 2 aliphatic heterocycles. The molecule has 0 aliphatic carbocycles. The van der Waals surface area contributed by atoms with E-state index in [0.29, 0.717) is 13.1 Å². The van der Waals surface area contributed by atoms with Crippen molar-refractivity contribution >= 4 is 33.4 Å². The summed E-state index contributed by atoms with van der Waals surface area (Å²) in [5, 5.41) is 8.31. The number of piperazine rings is 1. The van der Waals surface area contributed by atoms with E-state index < -0.39 is 10.0 Å². The largest absolute Gasteiger partial charge is 0.368 e. The highest BCUT2D eigenvalue weighted by Crippen LogP contribution is 2.20. The number of anilines is 1. The van der Waals surface area contributed by atoms with Crippen LogP contribution in [0.1, 0.15) is 0 Å². The lowest BCUT2D eigenvalue weighted by atomic mass is 10.2. The topological polar surface area (TPSA) is 95.7 Å². The van der Waals surface area contributed by atoms with Gasteiger partial charge < -0.3 is 9.80 Å². The molecule has 9 heteroatoms. The van der Waals surface area contributed by atoms with Gasteiger partial charge in [0, 0.05) is 43.5 Å². The van der Waals surface area contributed by atoms with Crippen LogP contribution < -0.4 is 15.4 Å². The van der Waals surface area contributed by atoms with Crippen LogP contribution in [0.25, 0.3) is 0 Å². The van der Waals surface area contributed by atoms with Gasteiger partial charge in [0.2, 0.25) is 15.9 Å². The SMILES string of the molecule is NS(=O)(=O)c1ccc(N2CCN(C(=O)C3CSCN3)CC2)cc1. The third kappa shape index (κ3) is 3.79. The van der Waals surface area contributed by atoms with Crippen molar-refractivity contribution < 1.29 is 13.2 Å². The number of hydrogen-bond donors (Lipinski definition) is 2. The van der Waals surface area contributed by atoms with Crippen molar-refractivity contribution in [2.45, 2.75) is 10.9 Å². The molecule has 1 atom stereocenters. The van der Waals surface area contributed by atoms with E-state index in [9.17, 15) is 13.2 Å². The van der Waals surface area contributed by atoms with Crippen LogP contribution in [0.2, 0.25) is 0 Å². The van der Waals surface area contributed by atoms with Crippen molar-refractivity contribution in [2.24, 2.45) is 5.14 Å². The van der Waals surface area contributed by atoms with Gasteiger partial charge in [0.15, 0.2) is 0 Å². The molecule has 23 heavy (non-hydrogen) atoms. The highest BCUT2D eigenvalue weighted by atomic mass is 32.2. The van der Waals surface area contributed by atoms with Crippen LogP contribution >= 0.6 is 11.8 Å². The van der Waals surface area contributed by atoms with Gasteiger partial charge in [-0.1, -0.05) is 0 Å². The van der Waals surface area contributed by atoms with Crippen molar-refractivity contribution in [3.05, 3.63) is 24.3 Å². The van der Waals surface area contributed by atoms with E-state index in [-0.39, 0.29) is 16.8 Å². The fraction of sp³-hybridized carbons (Fsp3) is 0.500. The van der Waals surface area contributed by atoms with Gasteiger partial charge in [0.1, 0.15) is 0 Å². The molecule has 0 aromatic heterocycles. The van der Waals surface area contributed by atoms with E-state index in [2.05, 4.69) is 10.2 Å². The Kier molecular flexibility index (Phi) is 4.81. The monoisotopic (exact) mass is 356 g/mol. The number of amides is 1. The Morgan fingerprint density at radius 3 is 2.35 bits per heavy atom. The molecule has 0 bridgehead atoms. The zero-order valence-electron chi connectivity index (χ0n) is 12.6. The van der Waals surface area contributed by atoms with Gasteiger partial charge in [-0.2, -0.15) is 0 Å². The first-order valence-corrected chi connectivity index (χ1v) is 10.1. The minimum absolute atomic E-state index is 0.0550. The number of primary sulfonamides is 1. The first-order valence-electron chi connectivity index (χ1n) is 7.43. The molecular weight excluding hydrogens is 336 g/mol. The molecule has 126 valence electrons. The minimum Gasteiger partial charge on any atom is -0.368 e. The lowest BCUT2D eigenvalue weighted by Crippen LogP contribution is -2.53. The average molecular weight is 356 g/mol. The van der Waals surface area contributed by atoms with E-state index in [1.54, 1.807) is 23.9 Å². The summed E-state index contributed by atoms with van der Waals surface area (Å²) in [5.74, 6) is 1.86. The summed E-state index contributed by atoms with van der Waals surface area (Å²) >= 11 is 1.75. The van der Waals surface area contributed by atoms with Gasteiger partial charge >= 0.3 is 0 Å². The number of hydrogen-bond acceptors (Lipinski definition) is 6. The van der Waals surface area contributed by atoms with Gasteiger partial charge in [-0.15, -0.1) is 11.8 Å². The normalized spacial score (nSPS) is 22.4. The third-order valence-electron chi connectivity index (χ3n) is 4.14. The van der Waals surface area contributed by atoms with Crippen LogP contribution in [-0.4, -0.2) is 63.1 Å². The zero-order valence-corrected chi connectivity index (χ0v) is 14.3. The summed E-state index contributed by atoms with van der Waals surface area (Å²) in [5.41, 5.74) is 0.944.